The second kappa shape index (κ2) is 3.92. The predicted molar refractivity (Wildman–Crippen MR) is 69.3 cm³/mol. The topological polar surface area (TPSA) is 27.0 Å². The molecule has 0 radical (unpaired) electrons. The van der Waals surface area contributed by atoms with Crippen molar-refractivity contribution in [3.05, 3.63) is 28.8 Å². The molecule has 2 nitrogen and oxygen atoms in total. The van der Waals surface area contributed by atoms with Crippen LogP contribution in [0.5, 0.6) is 0 Å². The molecule has 0 atom stereocenters. The molecule has 1 aromatic carbocycles. The summed E-state index contributed by atoms with van der Waals surface area (Å²) in [5, 5.41) is 9.51. The van der Waals surface area contributed by atoms with Gasteiger partial charge in [0.1, 0.15) is 0 Å². The predicted octanol–water partition coefficient (Wildman–Crippen LogP) is 3.59. The molecule has 1 aromatic rings. The second-order valence-electron chi connectivity index (χ2n) is 5.34. The molecule has 88 valence electrons. The highest BCUT2D eigenvalue weighted by molar-refractivity contribution is 6.33. The van der Waals surface area contributed by atoms with Gasteiger partial charge < -0.3 is 4.90 Å². The van der Waals surface area contributed by atoms with Gasteiger partial charge in [0, 0.05) is 18.5 Å². The minimum Gasteiger partial charge on any atom is -0.369 e. The Morgan fingerprint density at radius 3 is 2.53 bits per heavy atom. The van der Waals surface area contributed by atoms with Crippen molar-refractivity contribution in [1.82, 2.24) is 0 Å². The van der Waals surface area contributed by atoms with Crippen molar-refractivity contribution in [2.24, 2.45) is 5.41 Å². The first kappa shape index (κ1) is 10.9. The maximum atomic E-state index is 8.81. The van der Waals surface area contributed by atoms with Crippen LogP contribution in [0.15, 0.2) is 18.2 Å². The average molecular weight is 247 g/mol. The Hall–Kier alpha value is -1.20. The minimum absolute atomic E-state index is 0.581. The maximum Gasteiger partial charge on any atom is 0.0992 e. The van der Waals surface area contributed by atoms with Gasteiger partial charge in [-0.25, -0.2) is 0 Å². The minimum atomic E-state index is 0.581. The van der Waals surface area contributed by atoms with Gasteiger partial charge in [0.15, 0.2) is 0 Å². The van der Waals surface area contributed by atoms with E-state index < -0.39 is 0 Å². The quantitative estimate of drug-likeness (QED) is 0.757. The van der Waals surface area contributed by atoms with E-state index in [-0.39, 0.29) is 0 Å². The zero-order valence-corrected chi connectivity index (χ0v) is 10.5. The number of benzene rings is 1. The third-order valence-electron chi connectivity index (χ3n) is 4.13. The summed E-state index contributed by atoms with van der Waals surface area (Å²) in [5.74, 6) is 0. The number of halogens is 1. The van der Waals surface area contributed by atoms with Crippen LogP contribution in [-0.4, -0.2) is 13.1 Å². The molecule has 1 spiro atoms. The second-order valence-corrected chi connectivity index (χ2v) is 5.75. The molecule has 1 aliphatic carbocycles. The molecule has 1 saturated carbocycles. The van der Waals surface area contributed by atoms with Crippen LogP contribution >= 0.6 is 11.6 Å². The van der Waals surface area contributed by atoms with Crippen LogP contribution in [0, 0.1) is 16.7 Å². The van der Waals surface area contributed by atoms with E-state index >= 15 is 0 Å². The average Bonchev–Trinajstić information content (AvgIpc) is 2.76. The monoisotopic (exact) mass is 246 g/mol. The summed E-state index contributed by atoms with van der Waals surface area (Å²) in [6.07, 6.45) is 5.51. The van der Waals surface area contributed by atoms with Crippen LogP contribution in [0.25, 0.3) is 0 Å². The summed E-state index contributed by atoms with van der Waals surface area (Å²) in [6.45, 7) is 2.28. The van der Waals surface area contributed by atoms with E-state index in [1.165, 1.54) is 25.7 Å². The van der Waals surface area contributed by atoms with Crippen molar-refractivity contribution in [3.63, 3.8) is 0 Å². The molecule has 0 N–H and O–H groups in total. The molecule has 1 saturated heterocycles. The fourth-order valence-corrected chi connectivity index (χ4v) is 3.51. The van der Waals surface area contributed by atoms with Gasteiger partial charge in [-0.2, -0.15) is 5.26 Å². The van der Waals surface area contributed by atoms with Crippen molar-refractivity contribution in [2.75, 3.05) is 18.0 Å². The molecule has 17 heavy (non-hydrogen) atoms. The zero-order chi connectivity index (χ0) is 11.9. The SMILES string of the molecule is N#Cc1ccc(N2CC3(CCCC3)C2)c(Cl)c1. The van der Waals surface area contributed by atoms with E-state index in [0.29, 0.717) is 16.0 Å². The normalized spacial score (nSPS) is 21.3. The molecule has 1 aliphatic heterocycles. The lowest BCUT2D eigenvalue weighted by atomic mass is 9.78. The first-order valence-corrected chi connectivity index (χ1v) is 6.55. The van der Waals surface area contributed by atoms with Gasteiger partial charge in [0.05, 0.1) is 22.3 Å². The lowest BCUT2D eigenvalue weighted by Gasteiger charge is -2.50. The summed E-state index contributed by atoms with van der Waals surface area (Å²) in [7, 11) is 0. The third-order valence-corrected chi connectivity index (χ3v) is 4.44. The number of nitriles is 1. The number of rotatable bonds is 1. The molecular formula is C14H15ClN2. The van der Waals surface area contributed by atoms with Crippen molar-refractivity contribution < 1.29 is 0 Å². The number of hydrogen-bond donors (Lipinski definition) is 0. The fraction of sp³-hybridized carbons (Fsp3) is 0.500. The molecular weight excluding hydrogens is 232 g/mol. The van der Waals surface area contributed by atoms with Crippen molar-refractivity contribution in [3.8, 4) is 6.07 Å². The van der Waals surface area contributed by atoms with Crippen molar-refractivity contribution >= 4 is 17.3 Å². The summed E-state index contributed by atoms with van der Waals surface area (Å²) in [6, 6.07) is 7.70. The van der Waals surface area contributed by atoms with Gasteiger partial charge in [0.25, 0.3) is 0 Å². The molecule has 0 bridgehead atoms. The Labute approximate surface area is 107 Å². The van der Waals surface area contributed by atoms with E-state index in [4.69, 9.17) is 16.9 Å². The maximum absolute atomic E-state index is 8.81. The molecule has 0 aromatic heterocycles. The van der Waals surface area contributed by atoms with Crippen LogP contribution < -0.4 is 4.90 Å². The van der Waals surface area contributed by atoms with Crippen LogP contribution in [0.3, 0.4) is 0 Å². The Bertz CT molecular complexity index is 475. The van der Waals surface area contributed by atoms with Crippen molar-refractivity contribution in [1.29, 1.82) is 5.26 Å². The first-order valence-electron chi connectivity index (χ1n) is 6.17. The van der Waals surface area contributed by atoms with E-state index in [1.54, 1.807) is 6.07 Å². The fourth-order valence-electron chi connectivity index (χ4n) is 3.21. The third kappa shape index (κ3) is 1.79. The molecule has 3 rings (SSSR count). The number of anilines is 1. The highest BCUT2D eigenvalue weighted by Crippen LogP contribution is 2.48. The molecule has 1 heterocycles. The molecule has 2 fully saturated rings. The van der Waals surface area contributed by atoms with E-state index in [9.17, 15) is 0 Å². The molecule has 2 aliphatic rings. The molecule has 0 unspecified atom stereocenters. The summed E-state index contributed by atoms with van der Waals surface area (Å²) in [4.78, 5) is 2.34. The smallest absolute Gasteiger partial charge is 0.0992 e. The van der Waals surface area contributed by atoms with E-state index in [0.717, 1.165) is 18.8 Å². The summed E-state index contributed by atoms with van der Waals surface area (Å²) < 4.78 is 0. The van der Waals surface area contributed by atoms with E-state index in [2.05, 4.69) is 11.0 Å². The lowest BCUT2D eigenvalue weighted by Crippen LogP contribution is -2.55. The highest BCUT2D eigenvalue weighted by atomic mass is 35.5. The lowest BCUT2D eigenvalue weighted by molar-refractivity contribution is 0.222. The van der Waals surface area contributed by atoms with Crippen LogP contribution in [-0.2, 0) is 0 Å². The summed E-state index contributed by atoms with van der Waals surface area (Å²) >= 11 is 6.22. The zero-order valence-electron chi connectivity index (χ0n) is 9.75. The van der Waals surface area contributed by atoms with Gasteiger partial charge in [-0.3, -0.25) is 0 Å². The Balaban J connectivity index is 1.77. The van der Waals surface area contributed by atoms with Gasteiger partial charge in [-0.1, -0.05) is 24.4 Å². The van der Waals surface area contributed by atoms with Crippen molar-refractivity contribution in [2.45, 2.75) is 25.7 Å². The number of nitrogens with zero attached hydrogens (tertiary/aromatic N) is 2. The highest BCUT2D eigenvalue weighted by Gasteiger charge is 2.45. The standard InChI is InChI=1S/C14H15ClN2/c15-12-7-11(8-16)3-4-13(12)17-9-14(10-17)5-1-2-6-14/h3-4,7H,1-2,5-6,9-10H2. The molecule has 0 amide bonds. The Morgan fingerprint density at radius 1 is 1.24 bits per heavy atom. The van der Waals surface area contributed by atoms with Crippen LogP contribution in [0.2, 0.25) is 5.02 Å². The number of hydrogen-bond acceptors (Lipinski definition) is 2. The molecule has 3 heteroatoms. The van der Waals surface area contributed by atoms with Crippen LogP contribution in [0.1, 0.15) is 31.2 Å². The van der Waals surface area contributed by atoms with Gasteiger partial charge >= 0.3 is 0 Å². The van der Waals surface area contributed by atoms with Crippen LogP contribution in [0.4, 0.5) is 5.69 Å². The van der Waals surface area contributed by atoms with Gasteiger partial charge in [0.2, 0.25) is 0 Å². The van der Waals surface area contributed by atoms with E-state index in [1.807, 2.05) is 12.1 Å². The summed E-state index contributed by atoms with van der Waals surface area (Å²) in [5.41, 5.74) is 2.30. The van der Waals surface area contributed by atoms with Gasteiger partial charge in [-0.15, -0.1) is 0 Å². The van der Waals surface area contributed by atoms with Gasteiger partial charge in [-0.05, 0) is 31.0 Å². The first-order chi connectivity index (χ1) is 8.22. The Kier molecular flexibility index (Phi) is 2.52. The largest absolute Gasteiger partial charge is 0.369 e. The Morgan fingerprint density at radius 2 is 1.94 bits per heavy atom.